The average Bonchev–Trinajstić information content (AvgIpc) is 2.67. The Balaban J connectivity index is 2.27. The molecule has 2 rings (SSSR count). The summed E-state index contributed by atoms with van der Waals surface area (Å²) in [5.74, 6) is 0.648. The van der Waals surface area contributed by atoms with Crippen LogP contribution in [0.2, 0.25) is 51.9 Å². The molecule has 194 valence electrons. The largest absolute Gasteiger partial charge is 0.507 e. The Morgan fingerprint density at radius 2 is 1.54 bits per heavy atom. The van der Waals surface area contributed by atoms with Gasteiger partial charge in [-0.3, -0.25) is 0 Å². The third-order valence-corrected chi connectivity index (χ3v) is 15.3. The molecule has 2 aromatic carbocycles. The van der Waals surface area contributed by atoms with Crippen LogP contribution in [0.25, 0.3) is 0 Å². The second kappa shape index (κ2) is 11.5. The number of aryl methyl sites for hydroxylation is 1. The maximum atomic E-state index is 11.3. The summed E-state index contributed by atoms with van der Waals surface area (Å²) in [4.78, 5) is 0. The van der Waals surface area contributed by atoms with Crippen LogP contribution in [-0.4, -0.2) is 30.3 Å². The minimum absolute atomic E-state index is 0.142. The molecule has 0 aliphatic rings. The fraction of sp³-hybridized carbons (Fsp3) is 0.538. The quantitative estimate of drug-likeness (QED) is 0.189. The first-order valence-corrected chi connectivity index (χ1v) is 21.8. The molecule has 2 aromatic rings. The normalized spacial score (nSPS) is 14.5. The van der Waals surface area contributed by atoms with Crippen LogP contribution in [-0.2, 0) is 14.7 Å². The van der Waals surface area contributed by atoms with Crippen molar-refractivity contribution < 1.29 is 13.3 Å². The summed E-state index contributed by atoms with van der Waals surface area (Å²) < 4.78 is 13.4. The zero-order valence-electron chi connectivity index (χ0n) is 23.2. The first-order chi connectivity index (χ1) is 16.0. The van der Waals surface area contributed by atoms with Crippen molar-refractivity contribution in [1.29, 1.82) is 5.53 Å². The molecule has 6 nitrogen and oxygen atoms in total. The minimum atomic E-state index is -2.36. The van der Waals surface area contributed by atoms with E-state index in [-0.39, 0.29) is 6.04 Å². The van der Waals surface area contributed by atoms with E-state index < -0.39 is 25.2 Å². The molecule has 3 N–H and O–H groups in total. The zero-order chi connectivity index (χ0) is 26.6. The summed E-state index contributed by atoms with van der Waals surface area (Å²) in [6, 6.07) is 12.4. The standard InChI is InChI=1S/C26H45N3O3Si3/c1-19-15-22(16-20(2)18-35(10,31-33(4,5)6)32-34(7,8)9)26(30)23(17-19)21(3)28-24-13-11-12-14-25(24)29-27/h11-15,17,20-21,27-28,30H,16,18H2,1-10H3. The Labute approximate surface area is 215 Å². The van der Waals surface area contributed by atoms with Crippen LogP contribution < -0.4 is 5.32 Å². The number of anilines is 1. The summed E-state index contributed by atoms with van der Waals surface area (Å²) in [5, 5.41) is 18.3. The topological polar surface area (TPSA) is 86.9 Å². The van der Waals surface area contributed by atoms with Gasteiger partial charge in [0.15, 0.2) is 16.6 Å². The fourth-order valence-corrected chi connectivity index (χ4v) is 17.8. The van der Waals surface area contributed by atoms with Crippen LogP contribution >= 0.6 is 0 Å². The maximum absolute atomic E-state index is 11.3. The summed E-state index contributed by atoms with van der Waals surface area (Å²) in [6.45, 7) is 21.9. The molecule has 0 amide bonds. The van der Waals surface area contributed by atoms with E-state index in [2.05, 4.69) is 76.2 Å². The smallest absolute Gasteiger partial charge is 0.314 e. The third-order valence-electron chi connectivity index (χ3n) is 5.56. The second-order valence-corrected chi connectivity index (χ2v) is 24.7. The lowest BCUT2D eigenvalue weighted by Crippen LogP contribution is -2.53. The number of hydrogen-bond donors (Lipinski definition) is 3. The van der Waals surface area contributed by atoms with E-state index >= 15 is 0 Å². The van der Waals surface area contributed by atoms with Gasteiger partial charge in [0.2, 0.25) is 0 Å². The number of para-hydroxylation sites is 2. The van der Waals surface area contributed by atoms with Crippen LogP contribution in [0.1, 0.15) is 36.6 Å². The predicted molar refractivity (Wildman–Crippen MR) is 154 cm³/mol. The van der Waals surface area contributed by atoms with Crippen LogP contribution in [0.4, 0.5) is 11.4 Å². The molecule has 2 unspecified atom stereocenters. The average molecular weight is 532 g/mol. The lowest BCUT2D eigenvalue weighted by Gasteiger charge is -2.40. The monoisotopic (exact) mass is 531 g/mol. The van der Waals surface area contributed by atoms with Crippen molar-refractivity contribution in [2.24, 2.45) is 11.0 Å². The lowest BCUT2D eigenvalue weighted by molar-refractivity contribution is 0.368. The number of hydrogen-bond acceptors (Lipinski definition) is 6. The molecule has 0 aromatic heterocycles. The molecule has 0 aliphatic carbocycles. The van der Waals surface area contributed by atoms with Crippen LogP contribution in [0.15, 0.2) is 41.5 Å². The summed E-state index contributed by atoms with van der Waals surface area (Å²) in [7, 11) is -5.88. The van der Waals surface area contributed by atoms with Gasteiger partial charge in [-0.1, -0.05) is 36.8 Å². The number of rotatable bonds is 12. The first kappa shape index (κ1) is 29.4. The molecular weight excluding hydrogens is 487 g/mol. The Morgan fingerprint density at radius 1 is 0.971 bits per heavy atom. The molecular formula is C26H45N3O3Si3. The van der Waals surface area contributed by atoms with Gasteiger partial charge in [-0.2, -0.15) is 5.11 Å². The van der Waals surface area contributed by atoms with Gasteiger partial charge >= 0.3 is 8.56 Å². The van der Waals surface area contributed by atoms with Gasteiger partial charge in [-0.15, -0.1) is 0 Å². The number of aromatic hydroxyl groups is 1. The molecule has 2 atom stereocenters. The highest BCUT2D eigenvalue weighted by atomic mass is 28.5. The molecule has 9 heteroatoms. The molecule has 0 radical (unpaired) electrons. The molecule has 0 heterocycles. The number of phenols is 1. The van der Waals surface area contributed by atoms with Crippen molar-refractivity contribution in [3.8, 4) is 5.75 Å². The fourth-order valence-electron chi connectivity index (χ4n) is 4.85. The van der Waals surface area contributed by atoms with Crippen molar-refractivity contribution in [3.63, 3.8) is 0 Å². The number of phenolic OH excluding ortho intramolecular Hbond substituents is 1. The molecule has 0 saturated heterocycles. The van der Waals surface area contributed by atoms with E-state index in [1.807, 2.05) is 31.2 Å². The lowest BCUT2D eigenvalue weighted by atomic mass is 9.94. The Morgan fingerprint density at radius 3 is 2.09 bits per heavy atom. The van der Waals surface area contributed by atoms with Crippen molar-refractivity contribution in [1.82, 2.24) is 0 Å². The Bertz CT molecular complexity index is 1000. The van der Waals surface area contributed by atoms with Gasteiger partial charge in [0, 0.05) is 5.56 Å². The number of benzene rings is 2. The highest BCUT2D eigenvalue weighted by Gasteiger charge is 2.41. The van der Waals surface area contributed by atoms with Gasteiger partial charge in [-0.05, 0) is 95.8 Å². The first-order valence-electron chi connectivity index (χ1n) is 12.5. The van der Waals surface area contributed by atoms with Crippen molar-refractivity contribution in [2.45, 2.75) is 85.1 Å². The SMILES string of the molecule is Cc1cc(CC(C)C[Si](C)(O[Si](C)(C)C)O[Si](C)(C)C)c(O)c(C(C)Nc2ccccc2N=N)c1. The van der Waals surface area contributed by atoms with Gasteiger partial charge in [0.05, 0.1) is 11.7 Å². The van der Waals surface area contributed by atoms with E-state index in [0.29, 0.717) is 17.4 Å². The van der Waals surface area contributed by atoms with Crippen molar-refractivity contribution in [3.05, 3.63) is 53.1 Å². The highest BCUT2D eigenvalue weighted by Crippen LogP contribution is 2.36. The van der Waals surface area contributed by atoms with Crippen LogP contribution in [0.5, 0.6) is 5.75 Å². The number of nitrogens with one attached hydrogen (secondary N) is 2. The minimum Gasteiger partial charge on any atom is -0.507 e. The number of nitrogens with zero attached hydrogens (tertiary/aromatic N) is 1. The predicted octanol–water partition coefficient (Wildman–Crippen LogP) is 8.49. The third kappa shape index (κ3) is 9.30. The molecule has 0 saturated carbocycles. The highest BCUT2D eigenvalue weighted by molar-refractivity contribution is 6.87. The van der Waals surface area contributed by atoms with E-state index in [4.69, 9.17) is 13.8 Å². The van der Waals surface area contributed by atoms with Crippen molar-refractivity contribution in [2.75, 3.05) is 5.32 Å². The van der Waals surface area contributed by atoms with E-state index in [9.17, 15) is 5.11 Å². The Kier molecular flexibility index (Phi) is 9.68. The van der Waals surface area contributed by atoms with Gasteiger partial charge in [-0.25, -0.2) is 5.53 Å². The Hall–Kier alpha value is -1.79. The van der Waals surface area contributed by atoms with E-state index in [0.717, 1.165) is 34.8 Å². The molecule has 0 aliphatic heterocycles. The molecule has 0 spiro atoms. The van der Waals surface area contributed by atoms with Crippen LogP contribution in [0, 0.1) is 18.4 Å². The summed E-state index contributed by atoms with van der Waals surface area (Å²) in [6.07, 6.45) is 0.762. The van der Waals surface area contributed by atoms with Crippen molar-refractivity contribution >= 4 is 36.6 Å². The molecule has 35 heavy (non-hydrogen) atoms. The maximum Gasteiger partial charge on any atom is 0.314 e. The second-order valence-electron chi connectivity index (χ2n) is 11.9. The summed E-state index contributed by atoms with van der Waals surface area (Å²) in [5.41, 5.74) is 11.7. The van der Waals surface area contributed by atoms with E-state index in [1.54, 1.807) is 6.07 Å². The van der Waals surface area contributed by atoms with Gasteiger partial charge in [0.1, 0.15) is 11.4 Å². The molecule has 0 fully saturated rings. The molecule has 0 bridgehead atoms. The van der Waals surface area contributed by atoms with E-state index in [1.165, 1.54) is 0 Å². The van der Waals surface area contributed by atoms with Gasteiger partial charge < -0.3 is 18.7 Å². The van der Waals surface area contributed by atoms with Crippen LogP contribution in [0.3, 0.4) is 0 Å². The van der Waals surface area contributed by atoms with Gasteiger partial charge in [0.25, 0.3) is 0 Å². The zero-order valence-corrected chi connectivity index (χ0v) is 26.2. The summed E-state index contributed by atoms with van der Waals surface area (Å²) >= 11 is 0.